The molecule has 0 atom stereocenters. The zero-order valence-electron chi connectivity index (χ0n) is 20.1. The zero-order chi connectivity index (χ0) is 27.6. The van der Waals surface area contributed by atoms with Crippen LogP contribution in [-0.4, -0.2) is 30.6 Å². The number of amides is 1. The van der Waals surface area contributed by atoms with Crippen molar-refractivity contribution in [2.75, 3.05) is 11.9 Å². The van der Waals surface area contributed by atoms with E-state index in [9.17, 15) is 22.9 Å². The number of fused-ring (bicyclic) bond motifs is 1. The minimum Gasteiger partial charge on any atom is -0.505 e. The molecule has 0 aliphatic heterocycles. The van der Waals surface area contributed by atoms with Crippen molar-refractivity contribution < 1.29 is 27.6 Å². The molecule has 0 aliphatic carbocycles. The number of ether oxygens (including phenoxy) is 1. The lowest BCUT2D eigenvalue weighted by molar-refractivity contribution is 0.102. The van der Waals surface area contributed by atoms with Crippen molar-refractivity contribution in [3.63, 3.8) is 0 Å². The predicted molar refractivity (Wildman–Crippen MR) is 146 cm³/mol. The smallest absolute Gasteiger partial charge is 0.296 e. The summed E-state index contributed by atoms with van der Waals surface area (Å²) in [6, 6.07) is 15.5. The number of carbonyl (C=O) groups is 1. The largest absolute Gasteiger partial charge is 0.505 e. The highest BCUT2D eigenvalue weighted by molar-refractivity contribution is 7.86. The van der Waals surface area contributed by atoms with Crippen molar-refractivity contribution in [2.45, 2.75) is 18.7 Å². The third kappa shape index (κ3) is 5.89. The van der Waals surface area contributed by atoms with E-state index >= 15 is 0 Å². The average molecular weight is 574 g/mol. The van der Waals surface area contributed by atoms with E-state index in [4.69, 9.17) is 27.9 Å². The van der Waals surface area contributed by atoms with Gasteiger partial charge in [-0.25, -0.2) is 0 Å². The molecule has 4 aromatic rings. The van der Waals surface area contributed by atoms with Gasteiger partial charge in [0, 0.05) is 27.2 Å². The molecule has 0 aliphatic rings. The van der Waals surface area contributed by atoms with E-state index in [1.54, 1.807) is 36.4 Å². The molecule has 0 fully saturated rings. The van der Waals surface area contributed by atoms with Crippen molar-refractivity contribution in [3.8, 4) is 11.5 Å². The van der Waals surface area contributed by atoms with Crippen molar-refractivity contribution >= 4 is 67.1 Å². The van der Waals surface area contributed by atoms with Crippen LogP contribution in [0.5, 0.6) is 11.5 Å². The van der Waals surface area contributed by atoms with Crippen LogP contribution in [0.3, 0.4) is 0 Å². The molecule has 1 amide bonds. The molecule has 38 heavy (non-hydrogen) atoms. The minimum absolute atomic E-state index is 0.0783. The average Bonchev–Trinajstić information content (AvgIpc) is 2.83. The maximum Gasteiger partial charge on any atom is 0.296 e. The first-order valence-corrected chi connectivity index (χ1v) is 13.4. The van der Waals surface area contributed by atoms with Gasteiger partial charge in [0.05, 0.1) is 12.2 Å². The van der Waals surface area contributed by atoms with Gasteiger partial charge < -0.3 is 15.2 Å². The molecule has 0 spiro atoms. The Labute approximate surface area is 228 Å². The number of anilines is 1. The first-order valence-electron chi connectivity index (χ1n) is 11.2. The number of nitrogens with one attached hydrogen (secondary N) is 1. The Bertz CT molecular complexity index is 1710. The summed E-state index contributed by atoms with van der Waals surface area (Å²) in [5, 5.41) is 23.3. The van der Waals surface area contributed by atoms with Gasteiger partial charge in [0.15, 0.2) is 5.75 Å². The van der Waals surface area contributed by atoms with Crippen LogP contribution in [0.25, 0.3) is 10.8 Å². The summed E-state index contributed by atoms with van der Waals surface area (Å²) in [6.07, 6.45) is 0. The molecule has 3 N–H and O–H groups in total. The van der Waals surface area contributed by atoms with E-state index in [2.05, 4.69) is 15.5 Å². The van der Waals surface area contributed by atoms with Gasteiger partial charge in [-0.2, -0.15) is 8.42 Å². The predicted octanol–water partition coefficient (Wildman–Crippen LogP) is 7.47. The van der Waals surface area contributed by atoms with Crippen LogP contribution in [0.2, 0.25) is 10.0 Å². The van der Waals surface area contributed by atoms with Gasteiger partial charge in [-0.05, 0) is 55.1 Å². The first kappa shape index (κ1) is 27.3. The fourth-order valence-electron chi connectivity index (χ4n) is 3.80. The van der Waals surface area contributed by atoms with Crippen LogP contribution in [0.15, 0.2) is 75.8 Å². The number of aryl methyl sites for hydroxylation is 1. The van der Waals surface area contributed by atoms with Gasteiger partial charge in [-0.1, -0.05) is 47.5 Å². The number of hydrogen-bond acceptors (Lipinski definition) is 7. The van der Waals surface area contributed by atoms with Crippen LogP contribution < -0.4 is 10.1 Å². The summed E-state index contributed by atoms with van der Waals surface area (Å²) < 4.78 is 39.0. The van der Waals surface area contributed by atoms with Crippen molar-refractivity contribution in [1.82, 2.24) is 0 Å². The van der Waals surface area contributed by atoms with Gasteiger partial charge in [-0.15, -0.1) is 10.2 Å². The highest BCUT2D eigenvalue weighted by Crippen LogP contribution is 2.41. The molecule has 12 heteroatoms. The van der Waals surface area contributed by atoms with Crippen molar-refractivity contribution in [3.05, 3.63) is 81.8 Å². The molecule has 0 unspecified atom stereocenters. The van der Waals surface area contributed by atoms with Crippen LogP contribution in [0.4, 0.5) is 17.1 Å². The molecular formula is C26H21Cl2N3O6S. The molecule has 4 rings (SSSR count). The number of aromatic hydroxyl groups is 1. The zero-order valence-corrected chi connectivity index (χ0v) is 22.4. The Hall–Kier alpha value is -3.70. The number of carbonyl (C=O) groups excluding carboxylic acids is 1. The van der Waals surface area contributed by atoms with Crippen molar-refractivity contribution in [1.29, 1.82) is 0 Å². The van der Waals surface area contributed by atoms with Gasteiger partial charge in [0.1, 0.15) is 22.0 Å². The number of phenolic OH excluding ortho intramolecular Hbond substituents is 1. The Kier molecular flexibility index (Phi) is 7.89. The molecule has 9 nitrogen and oxygen atoms in total. The first-order chi connectivity index (χ1) is 18.0. The lowest BCUT2D eigenvalue weighted by Crippen LogP contribution is -2.12. The van der Waals surface area contributed by atoms with Gasteiger partial charge in [0.25, 0.3) is 16.0 Å². The molecule has 0 radical (unpaired) electrons. The van der Waals surface area contributed by atoms with Gasteiger partial charge >= 0.3 is 0 Å². The maximum atomic E-state index is 13.2. The Morgan fingerprint density at radius 2 is 1.68 bits per heavy atom. The molecule has 0 heterocycles. The lowest BCUT2D eigenvalue weighted by atomic mass is 10.0. The Balaban J connectivity index is 1.82. The summed E-state index contributed by atoms with van der Waals surface area (Å²) in [6.45, 7) is 3.75. The molecule has 196 valence electrons. The van der Waals surface area contributed by atoms with Crippen molar-refractivity contribution in [2.24, 2.45) is 10.2 Å². The highest BCUT2D eigenvalue weighted by atomic mass is 35.5. The number of rotatable bonds is 7. The molecule has 0 bridgehead atoms. The fraction of sp³-hybridized carbons (Fsp3) is 0.115. The number of halogens is 2. The van der Waals surface area contributed by atoms with Crippen LogP contribution in [0, 0.1) is 6.92 Å². The second kappa shape index (κ2) is 11.0. The second-order valence-corrected chi connectivity index (χ2v) is 10.4. The monoisotopic (exact) mass is 573 g/mol. The molecule has 4 aromatic carbocycles. The third-order valence-corrected chi connectivity index (χ3v) is 6.74. The molecule has 0 saturated carbocycles. The van der Waals surface area contributed by atoms with E-state index in [1.807, 2.05) is 6.92 Å². The van der Waals surface area contributed by atoms with Crippen LogP contribution in [-0.2, 0) is 10.1 Å². The minimum atomic E-state index is -4.69. The summed E-state index contributed by atoms with van der Waals surface area (Å²) in [5.74, 6) is -0.687. The number of hydrogen-bond donors (Lipinski definition) is 3. The number of phenols is 1. The second-order valence-electron chi connectivity index (χ2n) is 8.15. The molecular weight excluding hydrogens is 553 g/mol. The Morgan fingerprint density at radius 1 is 1.00 bits per heavy atom. The fourth-order valence-corrected chi connectivity index (χ4v) is 5.09. The SMILES string of the molecule is CCOc1cc(Cl)cc(NC(=O)c2cc3ccccc3c(N=Nc3c(C)cc(Cl)cc3S(=O)(=O)O)c2O)c1. The molecule has 0 aromatic heterocycles. The van der Waals surface area contributed by atoms with Gasteiger partial charge in [0.2, 0.25) is 0 Å². The van der Waals surface area contributed by atoms with Gasteiger partial charge in [-0.3, -0.25) is 9.35 Å². The normalized spacial score (nSPS) is 11.7. The van der Waals surface area contributed by atoms with Crippen LogP contribution in [0.1, 0.15) is 22.8 Å². The van der Waals surface area contributed by atoms with E-state index in [-0.39, 0.29) is 22.0 Å². The summed E-state index contributed by atoms with van der Waals surface area (Å²) in [5.41, 5.74) is 0.301. The summed E-state index contributed by atoms with van der Waals surface area (Å²) in [7, 11) is -4.69. The number of benzene rings is 4. The lowest BCUT2D eigenvalue weighted by Gasteiger charge is -2.13. The maximum absolute atomic E-state index is 13.2. The van der Waals surface area contributed by atoms with Crippen LogP contribution >= 0.6 is 23.2 Å². The van der Waals surface area contributed by atoms with E-state index in [0.29, 0.717) is 39.4 Å². The number of azo groups is 1. The van der Waals surface area contributed by atoms with E-state index in [0.717, 1.165) is 6.07 Å². The highest BCUT2D eigenvalue weighted by Gasteiger charge is 2.21. The summed E-state index contributed by atoms with van der Waals surface area (Å²) >= 11 is 12.1. The number of nitrogens with zero attached hydrogens (tertiary/aromatic N) is 2. The third-order valence-electron chi connectivity index (χ3n) is 5.44. The van der Waals surface area contributed by atoms with E-state index in [1.165, 1.54) is 25.1 Å². The molecule has 0 saturated heterocycles. The topological polar surface area (TPSA) is 138 Å². The quantitative estimate of drug-likeness (QED) is 0.155. The standard InChI is InChI=1S/C26H21Cl2N3O6S/c1-3-37-19-11-17(28)10-18(13-19)29-26(33)21-9-15-6-4-5-7-20(15)24(25(21)32)31-30-23-14(2)8-16(27)12-22(23)38(34,35)36/h4-13,32H,3H2,1-2H3,(H,29,33)(H,34,35,36). The summed E-state index contributed by atoms with van der Waals surface area (Å²) in [4.78, 5) is 12.7. The Morgan fingerprint density at radius 3 is 2.39 bits per heavy atom. The van der Waals surface area contributed by atoms with E-state index < -0.39 is 26.7 Å².